The molecule has 0 radical (unpaired) electrons. The minimum Gasteiger partial charge on any atom is -0.505 e. The first kappa shape index (κ1) is 17.4. The van der Waals surface area contributed by atoms with E-state index in [4.69, 9.17) is 28.9 Å². The van der Waals surface area contributed by atoms with Crippen LogP contribution in [0.3, 0.4) is 0 Å². The number of anilines is 1. The van der Waals surface area contributed by atoms with Crippen LogP contribution in [0.15, 0.2) is 12.1 Å². The van der Waals surface area contributed by atoms with Crippen LogP contribution >= 0.6 is 35.6 Å². The van der Waals surface area contributed by atoms with Crippen molar-refractivity contribution in [3.05, 3.63) is 22.2 Å². The zero-order chi connectivity index (χ0) is 14.0. The Hall–Kier alpha value is -0.680. The van der Waals surface area contributed by atoms with E-state index in [0.29, 0.717) is 12.2 Å². The van der Waals surface area contributed by atoms with Gasteiger partial charge in [-0.15, -0.1) is 12.4 Å². The maximum Gasteiger partial charge on any atom is 0.231 e. The second-order valence-corrected chi connectivity index (χ2v) is 5.75. The molecule has 0 saturated heterocycles. The first-order chi connectivity index (χ1) is 8.98. The molecular formula is C13H17Cl3N2O2. The average molecular weight is 340 g/mol. The number of hydrogen-bond donors (Lipinski definition) is 3. The van der Waals surface area contributed by atoms with E-state index in [9.17, 15) is 9.90 Å². The Balaban J connectivity index is 0.00000200. The van der Waals surface area contributed by atoms with Gasteiger partial charge in [0.05, 0.1) is 15.5 Å². The lowest BCUT2D eigenvalue weighted by molar-refractivity contribution is -0.124. The van der Waals surface area contributed by atoms with E-state index in [2.05, 4.69) is 5.32 Å². The van der Waals surface area contributed by atoms with Crippen molar-refractivity contribution in [3.63, 3.8) is 0 Å². The molecule has 0 spiro atoms. The van der Waals surface area contributed by atoms with Crippen molar-refractivity contribution in [2.24, 2.45) is 11.1 Å². The zero-order valence-electron chi connectivity index (χ0n) is 10.8. The minimum atomic E-state index is -0.489. The fraction of sp³-hybridized carbons (Fsp3) is 0.462. The molecule has 0 unspecified atom stereocenters. The van der Waals surface area contributed by atoms with Crippen LogP contribution in [0.1, 0.15) is 25.7 Å². The first-order valence-electron chi connectivity index (χ1n) is 6.18. The van der Waals surface area contributed by atoms with Crippen LogP contribution in [0.5, 0.6) is 5.75 Å². The van der Waals surface area contributed by atoms with Gasteiger partial charge in [0.25, 0.3) is 0 Å². The molecule has 0 bridgehead atoms. The molecule has 0 aliphatic heterocycles. The predicted octanol–water partition coefficient (Wildman–Crippen LogP) is 3.58. The number of aromatic hydroxyl groups is 1. The lowest BCUT2D eigenvalue weighted by Crippen LogP contribution is -2.40. The van der Waals surface area contributed by atoms with Gasteiger partial charge in [0.2, 0.25) is 5.91 Å². The summed E-state index contributed by atoms with van der Waals surface area (Å²) in [5.74, 6) is -0.291. The molecule has 0 heterocycles. The number of phenolic OH excluding ortho intramolecular Hbond substituents is 1. The molecule has 1 aromatic carbocycles. The third-order valence-electron chi connectivity index (χ3n) is 3.71. The molecule has 1 saturated carbocycles. The van der Waals surface area contributed by atoms with Gasteiger partial charge in [-0.3, -0.25) is 4.79 Å². The third-order valence-corrected chi connectivity index (χ3v) is 4.28. The largest absolute Gasteiger partial charge is 0.505 e. The lowest BCUT2D eigenvalue weighted by atomic mass is 9.85. The van der Waals surface area contributed by atoms with Crippen molar-refractivity contribution in [2.45, 2.75) is 25.7 Å². The van der Waals surface area contributed by atoms with Crippen LogP contribution in [-0.2, 0) is 4.79 Å². The molecule has 1 aromatic rings. The van der Waals surface area contributed by atoms with Crippen LogP contribution in [0.2, 0.25) is 10.0 Å². The monoisotopic (exact) mass is 338 g/mol. The Labute approximate surface area is 134 Å². The number of nitrogens with two attached hydrogens (primary N) is 1. The molecule has 1 aliphatic rings. The molecule has 7 heteroatoms. The molecule has 2 rings (SSSR count). The van der Waals surface area contributed by atoms with Crippen molar-refractivity contribution in [2.75, 3.05) is 11.9 Å². The van der Waals surface area contributed by atoms with Gasteiger partial charge in [0.1, 0.15) is 0 Å². The van der Waals surface area contributed by atoms with Gasteiger partial charge in [-0.1, -0.05) is 36.0 Å². The number of carbonyl (C=O) groups is 1. The van der Waals surface area contributed by atoms with Gasteiger partial charge in [0.15, 0.2) is 5.75 Å². The number of benzene rings is 1. The quantitative estimate of drug-likeness (QED) is 0.737. The van der Waals surface area contributed by atoms with Crippen molar-refractivity contribution in [1.82, 2.24) is 0 Å². The molecule has 1 fully saturated rings. The summed E-state index contributed by atoms with van der Waals surface area (Å²) in [7, 11) is 0. The Kier molecular flexibility index (Phi) is 5.95. The summed E-state index contributed by atoms with van der Waals surface area (Å²) in [5, 5.41) is 12.5. The summed E-state index contributed by atoms with van der Waals surface area (Å²) in [6.07, 6.45) is 3.63. The van der Waals surface area contributed by atoms with Crippen molar-refractivity contribution < 1.29 is 9.90 Å². The third kappa shape index (κ3) is 3.31. The second-order valence-electron chi connectivity index (χ2n) is 4.93. The number of hydrogen-bond acceptors (Lipinski definition) is 3. The molecule has 1 aliphatic carbocycles. The number of phenols is 1. The minimum absolute atomic E-state index is 0. The number of halogens is 3. The maximum absolute atomic E-state index is 12.3. The Morgan fingerprint density at radius 3 is 2.25 bits per heavy atom. The topological polar surface area (TPSA) is 75.4 Å². The van der Waals surface area contributed by atoms with Crippen molar-refractivity contribution >= 4 is 47.2 Å². The van der Waals surface area contributed by atoms with Crippen LogP contribution < -0.4 is 11.1 Å². The summed E-state index contributed by atoms with van der Waals surface area (Å²) in [6.45, 7) is 0.332. The Bertz CT molecular complexity index is 479. The van der Waals surface area contributed by atoms with Gasteiger partial charge in [-0.2, -0.15) is 0 Å². The molecule has 20 heavy (non-hydrogen) atoms. The lowest BCUT2D eigenvalue weighted by Gasteiger charge is -2.25. The number of rotatable bonds is 3. The van der Waals surface area contributed by atoms with Crippen LogP contribution in [-0.4, -0.2) is 17.6 Å². The Morgan fingerprint density at radius 1 is 1.30 bits per heavy atom. The molecule has 0 atom stereocenters. The highest BCUT2D eigenvalue weighted by Crippen LogP contribution is 2.39. The molecule has 0 aromatic heterocycles. The normalized spacial score (nSPS) is 16.6. The average Bonchev–Trinajstić information content (AvgIpc) is 2.85. The van der Waals surface area contributed by atoms with Gasteiger partial charge in [0, 0.05) is 12.2 Å². The summed E-state index contributed by atoms with van der Waals surface area (Å²) in [6, 6.07) is 2.94. The molecular weight excluding hydrogens is 323 g/mol. The molecule has 112 valence electrons. The summed E-state index contributed by atoms with van der Waals surface area (Å²) >= 11 is 11.6. The molecule has 4 N–H and O–H groups in total. The van der Waals surface area contributed by atoms with Gasteiger partial charge < -0.3 is 16.2 Å². The highest BCUT2D eigenvalue weighted by molar-refractivity contribution is 6.37. The van der Waals surface area contributed by atoms with E-state index in [1.807, 2.05) is 0 Å². The standard InChI is InChI=1S/C13H16Cl2N2O2.ClH/c14-9-5-8(6-10(15)11(9)18)17-12(19)13(7-16)3-1-2-4-13;/h5-6,18H,1-4,7,16H2,(H,17,19);1H. The maximum atomic E-state index is 12.3. The predicted molar refractivity (Wildman–Crippen MR) is 84.0 cm³/mol. The molecule has 4 nitrogen and oxygen atoms in total. The highest BCUT2D eigenvalue weighted by Gasteiger charge is 2.39. The van der Waals surface area contributed by atoms with E-state index in [1.165, 1.54) is 12.1 Å². The van der Waals surface area contributed by atoms with E-state index < -0.39 is 5.41 Å². The van der Waals surface area contributed by atoms with Crippen LogP contribution in [0, 0.1) is 5.41 Å². The first-order valence-corrected chi connectivity index (χ1v) is 6.94. The summed E-state index contributed by atoms with van der Waals surface area (Å²) in [4.78, 5) is 12.3. The van der Waals surface area contributed by atoms with Gasteiger partial charge in [-0.25, -0.2) is 0 Å². The smallest absolute Gasteiger partial charge is 0.231 e. The van der Waals surface area contributed by atoms with Crippen molar-refractivity contribution in [1.29, 1.82) is 0 Å². The number of carbonyl (C=O) groups excluding carboxylic acids is 1. The zero-order valence-corrected chi connectivity index (χ0v) is 13.1. The van der Waals surface area contributed by atoms with Crippen LogP contribution in [0.4, 0.5) is 5.69 Å². The Morgan fingerprint density at radius 2 is 1.80 bits per heavy atom. The summed E-state index contributed by atoms with van der Waals surface area (Å²) < 4.78 is 0. The van der Waals surface area contributed by atoms with Crippen LogP contribution in [0.25, 0.3) is 0 Å². The number of amides is 1. The fourth-order valence-electron chi connectivity index (χ4n) is 2.48. The van der Waals surface area contributed by atoms with E-state index in [1.54, 1.807) is 0 Å². The summed E-state index contributed by atoms with van der Waals surface area (Å²) in [5.41, 5.74) is 5.73. The van der Waals surface area contributed by atoms with Gasteiger partial charge in [-0.05, 0) is 25.0 Å². The van der Waals surface area contributed by atoms with E-state index >= 15 is 0 Å². The van der Waals surface area contributed by atoms with Crippen molar-refractivity contribution in [3.8, 4) is 5.75 Å². The SMILES string of the molecule is Cl.NCC1(C(=O)Nc2cc(Cl)c(O)c(Cl)c2)CCCC1. The number of nitrogens with one attached hydrogen (secondary N) is 1. The highest BCUT2D eigenvalue weighted by atomic mass is 35.5. The van der Waals surface area contributed by atoms with E-state index in [-0.39, 0.29) is 34.1 Å². The second kappa shape index (κ2) is 6.85. The van der Waals surface area contributed by atoms with Gasteiger partial charge >= 0.3 is 0 Å². The molecule has 1 amide bonds. The fourth-order valence-corrected chi connectivity index (χ4v) is 2.96. The van der Waals surface area contributed by atoms with E-state index in [0.717, 1.165) is 25.7 Å².